The van der Waals surface area contributed by atoms with Crippen LogP contribution in [0, 0.1) is 6.92 Å². The molecule has 0 radical (unpaired) electrons. The maximum Gasteiger partial charge on any atom is 0.340 e. The Morgan fingerprint density at radius 2 is 1.86 bits per heavy atom. The van der Waals surface area contributed by atoms with Gasteiger partial charge in [0.2, 0.25) is 0 Å². The number of ether oxygens (including phenoxy) is 1. The van der Waals surface area contributed by atoms with Crippen molar-refractivity contribution < 1.29 is 9.53 Å². The zero-order valence-corrected chi connectivity index (χ0v) is 18.3. The van der Waals surface area contributed by atoms with E-state index >= 15 is 0 Å². The van der Waals surface area contributed by atoms with Crippen LogP contribution in [-0.2, 0) is 4.74 Å². The lowest BCUT2D eigenvalue weighted by Gasteiger charge is -2.14. The van der Waals surface area contributed by atoms with Crippen molar-refractivity contribution in [1.29, 1.82) is 0 Å². The largest absolute Gasteiger partial charge is 0.465 e. The second kappa shape index (κ2) is 9.43. The Bertz CT molecular complexity index is 1000. The molecule has 2 aromatic carbocycles. The third kappa shape index (κ3) is 5.26. The number of hydrogen-bond donors (Lipinski definition) is 2. The van der Waals surface area contributed by atoms with Gasteiger partial charge in [-0.15, -0.1) is 11.3 Å². The Morgan fingerprint density at radius 1 is 1.14 bits per heavy atom. The van der Waals surface area contributed by atoms with Gasteiger partial charge in [0.15, 0.2) is 5.11 Å². The van der Waals surface area contributed by atoms with E-state index in [1.165, 1.54) is 18.4 Å². The summed E-state index contributed by atoms with van der Waals surface area (Å²) in [6.07, 6.45) is 0. The van der Waals surface area contributed by atoms with Crippen molar-refractivity contribution >= 4 is 68.7 Å². The van der Waals surface area contributed by atoms with Gasteiger partial charge in [-0.1, -0.05) is 35.5 Å². The Balaban J connectivity index is 1.75. The second-order valence-electron chi connectivity index (χ2n) is 5.72. The molecular formula is C20H17ClN2O2S3. The van der Waals surface area contributed by atoms with Gasteiger partial charge in [-0.2, -0.15) is 0 Å². The van der Waals surface area contributed by atoms with Gasteiger partial charge in [0.1, 0.15) is 5.00 Å². The Kier molecular flexibility index (Phi) is 6.96. The lowest BCUT2D eigenvalue weighted by molar-refractivity contribution is 0.0602. The summed E-state index contributed by atoms with van der Waals surface area (Å²) in [5.41, 5.74) is 1.34. The third-order valence-corrected chi connectivity index (χ3v) is 6.17. The van der Waals surface area contributed by atoms with Crippen LogP contribution < -0.4 is 10.6 Å². The molecule has 0 spiro atoms. The molecule has 0 atom stereocenters. The van der Waals surface area contributed by atoms with E-state index in [0.717, 1.165) is 20.4 Å². The number of esters is 1. The molecule has 0 saturated carbocycles. The SMILES string of the molecule is COC(=O)c1cc(C)sc1NC(=S)Nc1ccccc1Sc1ccc(Cl)cc1. The van der Waals surface area contributed by atoms with Crippen LogP contribution in [0.15, 0.2) is 64.4 Å². The molecule has 0 fully saturated rings. The quantitative estimate of drug-likeness (QED) is 0.345. The first-order chi connectivity index (χ1) is 13.5. The normalized spacial score (nSPS) is 10.4. The molecule has 4 nitrogen and oxygen atoms in total. The van der Waals surface area contributed by atoms with Gasteiger partial charge in [0.05, 0.1) is 18.4 Å². The molecule has 2 N–H and O–H groups in total. The van der Waals surface area contributed by atoms with Crippen molar-refractivity contribution in [3.05, 3.63) is 70.1 Å². The van der Waals surface area contributed by atoms with E-state index in [0.29, 0.717) is 20.7 Å². The smallest absolute Gasteiger partial charge is 0.340 e. The maximum absolute atomic E-state index is 11.9. The summed E-state index contributed by atoms with van der Waals surface area (Å²) in [6, 6.07) is 17.3. The highest BCUT2D eigenvalue weighted by molar-refractivity contribution is 7.99. The molecule has 3 rings (SSSR count). The molecule has 0 unspecified atom stereocenters. The van der Waals surface area contributed by atoms with Crippen LogP contribution in [0.4, 0.5) is 10.7 Å². The summed E-state index contributed by atoms with van der Waals surface area (Å²) in [5, 5.41) is 8.08. The minimum Gasteiger partial charge on any atom is -0.465 e. The van der Waals surface area contributed by atoms with E-state index in [9.17, 15) is 4.79 Å². The summed E-state index contributed by atoms with van der Waals surface area (Å²) < 4.78 is 4.84. The van der Waals surface area contributed by atoms with Crippen molar-refractivity contribution in [2.24, 2.45) is 0 Å². The van der Waals surface area contributed by atoms with Crippen LogP contribution in [0.25, 0.3) is 0 Å². The third-order valence-electron chi connectivity index (χ3n) is 3.66. The number of methoxy groups -OCH3 is 1. The molecule has 3 aromatic rings. The molecule has 1 heterocycles. The Labute approximate surface area is 182 Å². The topological polar surface area (TPSA) is 50.4 Å². The van der Waals surface area contributed by atoms with Gasteiger partial charge in [-0.05, 0) is 61.6 Å². The Morgan fingerprint density at radius 3 is 2.57 bits per heavy atom. The average Bonchev–Trinajstić information content (AvgIpc) is 3.04. The molecule has 144 valence electrons. The summed E-state index contributed by atoms with van der Waals surface area (Å²) >= 11 is 14.5. The number of carbonyl (C=O) groups excluding carboxylic acids is 1. The molecule has 0 bridgehead atoms. The molecule has 0 amide bonds. The highest BCUT2D eigenvalue weighted by atomic mass is 35.5. The molecule has 0 aliphatic carbocycles. The highest BCUT2D eigenvalue weighted by Gasteiger charge is 2.16. The number of anilines is 2. The van der Waals surface area contributed by atoms with Crippen LogP contribution in [0.5, 0.6) is 0 Å². The number of para-hydroxylation sites is 1. The molecule has 0 saturated heterocycles. The number of benzene rings is 2. The predicted molar refractivity (Wildman–Crippen MR) is 122 cm³/mol. The van der Waals surface area contributed by atoms with Crippen LogP contribution in [0.1, 0.15) is 15.2 Å². The molecule has 0 aliphatic rings. The van der Waals surface area contributed by atoms with Gasteiger partial charge in [0.25, 0.3) is 0 Å². The fourth-order valence-corrected chi connectivity index (χ4v) is 4.62. The van der Waals surface area contributed by atoms with Gasteiger partial charge in [-0.25, -0.2) is 4.79 Å². The molecule has 0 aliphatic heterocycles. The number of carbonyl (C=O) groups is 1. The summed E-state index contributed by atoms with van der Waals surface area (Å²) in [6.45, 7) is 1.93. The molecule has 1 aromatic heterocycles. The van der Waals surface area contributed by atoms with Crippen molar-refractivity contribution in [2.45, 2.75) is 16.7 Å². The van der Waals surface area contributed by atoms with Crippen molar-refractivity contribution in [3.63, 3.8) is 0 Å². The van der Waals surface area contributed by atoms with Crippen LogP contribution >= 0.6 is 46.9 Å². The second-order valence-corrected chi connectivity index (χ2v) is 8.94. The molecular weight excluding hydrogens is 432 g/mol. The van der Waals surface area contributed by atoms with E-state index in [1.54, 1.807) is 17.8 Å². The Hall–Kier alpha value is -2.06. The van der Waals surface area contributed by atoms with E-state index in [2.05, 4.69) is 10.6 Å². The highest BCUT2D eigenvalue weighted by Crippen LogP contribution is 2.34. The number of rotatable bonds is 5. The number of thiophene rings is 1. The summed E-state index contributed by atoms with van der Waals surface area (Å²) in [4.78, 5) is 15.0. The van der Waals surface area contributed by atoms with Crippen LogP contribution in [0.3, 0.4) is 0 Å². The van der Waals surface area contributed by atoms with Crippen molar-refractivity contribution in [1.82, 2.24) is 0 Å². The van der Waals surface area contributed by atoms with Gasteiger partial charge in [0, 0.05) is 19.7 Å². The predicted octanol–water partition coefficient (Wildman–Crippen LogP) is 6.46. The van der Waals surface area contributed by atoms with Crippen molar-refractivity contribution in [3.8, 4) is 0 Å². The zero-order valence-electron chi connectivity index (χ0n) is 15.1. The lowest BCUT2D eigenvalue weighted by Crippen LogP contribution is -2.20. The number of halogens is 1. The maximum atomic E-state index is 11.9. The number of hydrogen-bond acceptors (Lipinski definition) is 5. The van der Waals surface area contributed by atoms with Crippen LogP contribution in [0.2, 0.25) is 5.02 Å². The van der Waals surface area contributed by atoms with Crippen LogP contribution in [-0.4, -0.2) is 18.2 Å². The first-order valence-corrected chi connectivity index (χ1v) is 10.7. The minimum atomic E-state index is -0.395. The lowest BCUT2D eigenvalue weighted by atomic mass is 10.3. The first kappa shape index (κ1) is 20.7. The standard InChI is InChI=1S/C20H17ClN2O2S3/c1-12-11-15(19(24)25-2)18(27-12)23-20(26)22-16-5-3-4-6-17(16)28-14-9-7-13(21)8-10-14/h3-11H,1-2H3,(H2,22,23,26). The zero-order chi connectivity index (χ0) is 20.1. The van der Waals surface area contributed by atoms with E-state index in [4.69, 9.17) is 28.6 Å². The van der Waals surface area contributed by atoms with Gasteiger partial charge in [-0.3, -0.25) is 0 Å². The fourth-order valence-electron chi connectivity index (χ4n) is 2.41. The summed E-state index contributed by atoms with van der Waals surface area (Å²) in [7, 11) is 1.36. The van der Waals surface area contributed by atoms with E-state index in [1.807, 2.05) is 55.5 Å². The van der Waals surface area contributed by atoms with Crippen molar-refractivity contribution in [2.75, 3.05) is 17.7 Å². The van der Waals surface area contributed by atoms with Gasteiger partial charge >= 0.3 is 5.97 Å². The monoisotopic (exact) mass is 448 g/mol. The molecule has 8 heteroatoms. The number of thiocarbonyl (C=S) groups is 1. The fraction of sp³-hybridized carbons (Fsp3) is 0.100. The average molecular weight is 449 g/mol. The number of nitrogens with one attached hydrogen (secondary N) is 2. The van der Waals surface area contributed by atoms with E-state index in [-0.39, 0.29) is 0 Å². The van der Waals surface area contributed by atoms with Gasteiger partial charge < -0.3 is 15.4 Å². The van der Waals surface area contributed by atoms with E-state index < -0.39 is 5.97 Å². The minimum absolute atomic E-state index is 0.395. The first-order valence-electron chi connectivity index (χ1n) is 8.25. The molecule has 28 heavy (non-hydrogen) atoms. The summed E-state index contributed by atoms with van der Waals surface area (Å²) in [5.74, 6) is -0.395. The number of aryl methyl sites for hydroxylation is 1.